The van der Waals surface area contributed by atoms with Crippen LogP contribution in [-0.2, 0) is 16.6 Å². The van der Waals surface area contributed by atoms with Gasteiger partial charge in [0.25, 0.3) is 0 Å². The number of nitrogen functional groups attached to an aromatic ring is 1. The summed E-state index contributed by atoms with van der Waals surface area (Å²) in [5, 5.41) is 9.74. The van der Waals surface area contributed by atoms with Crippen LogP contribution in [0.3, 0.4) is 0 Å². The van der Waals surface area contributed by atoms with Gasteiger partial charge in [0, 0.05) is 4.90 Å². The molecule has 2 aromatic carbocycles. The van der Waals surface area contributed by atoms with E-state index < -0.39 is 10.8 Å². The Balaban J connectivity index is 2.19. The van der Waals surface area contributed by atoms with Crippen molar-refractivity contribution >= 4 is 28.1 Å². The number of halogens is 1. The highest BCUT2D eigenvalue weighted by molar-refractivity contribution is 7.84. The van der Waals surface area contributed by atoms with E-state index in [9.17, 15) is 9.32 Å². The lowest BCUT2D eigenvalue weighted by Gasteiger charge is -2.05. The van der Waals surface area contributed by atoms with E-state index in [0.29, 0.717) is 21.4 Å². The molecule has 3 nitrogen and oxygen atoms in total. The molecule has 0 aliphatic carbocycles. The standard InChI is InChI=1S/C13H12ClNO2S/c14-12-7-11(4-5-13(12)15)18(17)8-9-2-1-3-10(16)6-9/h1-7,16H,8,15H2. The smallest absolute Gasteiger partial charge is 0.115 e. The molecule has 2 rings (SSSR count). The van der Waals surface area contributed by atoms with Crippen LogP contribution >= 0.6 is 11.6 Å². The minimum atomic E-state index is -1.21. The van der Waals surface area contributed by atoms with E-state index in [1.54, 1.807) is 36.4 Å². The van der Waals surface area contributed by atoms with Gasteiger partial charge >= 0.3 is 0 Å². The molecule has 2 aromatic rings. The summed E-state index contributed by atoms with van der Waals surface area (Å²) >= 11 is 5.89. The van der Waals surface area contributed by atoms with Crippen molar-refractivity contribution in [1.29, 1.82) is 0 Å². The lowest BCUT2D eigenvalue weighted by Crippen LogP contribution is -1.97. The van der Waals surface area contributed by atoms with Crippen molar-refractivity contribution in [2.24, 2.45) is 0 Å². The molecule has 0 aliphatic rings. The predicted octanol–water partition coefficient (Wildman–Crippen LogP) is 2.94. The van der Waals surface area contributed by atoms with E-state index in [1.165, 1.54) is 0 Å². The number of benzene rings is 2. The third-order valence-electron chi connectivity index (χ3n) is 2.44. The van der Waals surface area contributed by atoms with Crippen molar-refractivity contribution in [2.75, 3.05) is 5.73 Å². The molecule has 0 saturated carbocycles. The topological polar surface area (TPSA) is 63.3 Å². The van der Waals surface area contributed by atoms with Crippen molar-refractivity contribution in [2.45, 2.75) is 10.6 Å². The molecule has 1 unspecified atom stereocenters. The summed E-state index contributed by atoms with van der Waals surface area (Å²) in [5.41, 5.74) is 6.87. The fourth-order valence-electron chi connectivity index (χ4n) is 1.53. The number of nitrogens with two attached hydrogens (primary N) is 1. The van der Waals surface area contributed by atoms with Crippen molar-refractivity contribution in [1.82, 2.24) is 0 Å². The molecule has 0 spiro atoms. The third kappa shape index (κ3) is 3.03. The van der Waals surface area contributed by atoms with Crippen LogP contribution in [-0.4, -0.2) is 9.32 Å². The number of phenols is 1. The second-order valence-electron chi connectivity index (χ2n) is 3.84. The summed E-state index contributed by atoms with van der Waals surface area (Å²) in [6.07, 6.45) is 0. The molecule has 0 bridgehead atoms. The lowest BCUT2D eigenvalue weighted by atomic mass is 10.2. The third-order valence-corrected chi connectivity index (χ3v) is 4.15. The van der Waals surface area contributed by atoms with E-state index in [2.05, 4.69) is 0 Å². The average Bonchev–Trinajstić information content (AvgIpc) is 2.32. The Morgan fingerprint density at radius 3 is 2.67 bits per heavy atom. The molecule has 0 heterocycles. The SMILES string of the molecule is Nc1ccc(S(=O)Cc2cccc(O)c2)cc1Cl. The summed E-state index contributed by atoms with van der Waals surface area (Å²) in [6, 6.07) is 11.6. The first kappa shape index (κ1) is 12.9. The number of anilines is 1. The zero-order valence-electron chi connectivity index (χ0n) is 9.47. The van der Waals surface area contributed by atoms with Crippen LogP contribution in [0.5, 0.6) is 5.75 Å². The highest BCUT2D eigenvalue weighted by atomic mass is 35.5. The highest BCUT2D eigenvalue weighted by Crippen LogP contribution is 2.23. The quantitative estimate of drug-likeness (QED) is 0.850. The number of hydrogen-bond acceptors (Lipinski definition) is 3. The summed E-state index contributed by atoms with van der Waals surface area (Å²) in [5.74, 6) is 0.495. The maximum Gasteiger partial charge on any atom is 0.115 e. The molecule has 5 heteroatoms. The lowest BCUT2D eigenvalue weighted by molar-refractivity contribution is 0.475. The van der Waals surface area contributed by atoms with Crippen molar-refractivity contribution < 1.29 is 9.32 Å². The molecule has 0 saturated heterocycles. The fraction of sp³-hybridized carbons (Fsp3) is 0.0769. The van der Waals surface area contributed by atoms with Crippen LogP contribution in [0.2, 0.25) is 5.02 Å². The van der Waals surface area contributed by atoms with Crippen molar-refractivity contribution in [3.05, 3.63) is 53.1 Å². The Hall–Kier alpha value is -1.52. The van der Waals surface area contributed by atoms with Gasteiger partial charge in [-0.2, -0.15) is 0 Å². The normalized spacial score (nSPS) is 12.3. The summed E-state index contributed by atoms with van der Waals surface area (Å²) < 4.78 is 12.1. The monoisotopic (exact) mass is 281 g/mol. The van der Waals surface area contributed by atoms with Gasteiger partial charge in [-0.3, -0.25) is 4.21 Å². The maximum atomic E-state index is 12.1. The van der Waals surface area contributed by atoms with E-state index in [1.807, 2.05) is 6.07 Å². The van der Waals surface area contributed by atoms with Gasteiger partial charge in [-0.05, 0) is 35.9 Å². The summed E-state index contributed by atoms with van der Waals surface area (Å²) in [6.45, 7) is 0. The summed E-state index contributed by atoms with van der Waals surface area (Å²) in [4.78, 5) is 0.623. The van der Waals surface area contributed by atoms with E-state index in [4.69, 9.17) is 17.3 Å². The van der Waals surface area contributed by atoms with Gasteiger partial charge in [0.15, 0.2) is 0 Å². The molecule has 18 heavy (non-hydrogen) atoms. The molecule has 0 aromatic heterocycles. The zero-order chi connectivity index (χ0) is 13.1. The predicted molar refractivity (Wildman–Crippen MR) is 74.1 cm³/mol. The molecule has 0 amide bonds. The first-order valence-electron chi connectivity index (χ1n) is 5.27. The number of hydrogen-bond donors (Lipinski definition) is 2. The van der Waals surface area contributed by atoms with Crippen LogP contribution in [0.25, 0.3) is 0 Å². The Labute approximate surface area is 113 Å². The van der Waals surface area contributed by atoms with Crippen molar-refractivity contribution in [3.63, 3.8) is 0 Å². The molecule has 3 N–H and O–H groups in total. The second-order valence-corrected chi connectivity index (χ2v) is 5.70. The fourth-order valence-corrected chi connectivity index (χ4v) is 2.89. The highest BCUT2D eigenvalue weighted by Gasteiger charge is 2.07. The molecule has 1 atom stereocenters. The Bertz CT molecular complexity index is 601. The molecule has 94 valence electrons. The van der Waals surface area contributed by atoms with Crippen LogP contribution in [0.4, 0.5) is 5.69 Å². The molecule has 0 aliphatic heterocycles. The summed E-state index contributed by atoms with van der Waals surface area (Å²) in [7, 11) is -1.21. The zero-order valence-corrected chi connectivity index (χ0v) is 11.0. The molecular weight excluding hydrogens is 270 g/mol. The van der Waals surface area contributed by atoms with Gasteiger partial charge in [-0.15, -0.1) is 0 Å². The first-order chi connectivity index (χ1) is 8.56. The van der Waals surface area contributed by atoms with Crippen LogP contribution in [0.15, 0.2) is 47.4 Å². The van der Waals surface area contributed by atoms with Gasteiger partial charge in [0.2, 0.25) is 0 Å². The van der Waals surface area contributed by atoms with Crippen LogP contribution in [0.1, 0.15) is 5.56 Å². The number of rotatable bonds is 3. The average molecular weight is 282 g/mol. The minimum absolute atomic E-state index is 0.167. The van der Waals surface area contributed by atoms with E-state index in [0.717, 1.165) is 5.56 Å². The molecule has 0 fully saturated rings. The second kappa shape index (κ2) is 5.42. The van der Waals surface area contributed by atoms with Gasteiger partial charge in [0.05, 0.1) is 27.3 Å². The van der Waals surface area contributed by atoms with Crippen LogP contribution in [0, 0.1) is 0 Å². The van der Waals surface area contributed by atoms with Crippen LogP contribution < -0.4 is 5.73 Å². The molecule has 0 radical (unpaired) electrons. The van der Waals surface area contributed by atoms with Gasteiger partial charge in [-0.25, -0.2) is 0 Å². The maximum absolute atomic E-state index is 12.1. The largest absolute Gasteiger partial charge is 0.508 e. The molecular formula is C13H12ClNO2S. The first-order valence-corrected chi connectivity index (χ1v) is 6.97. The number of phenolic OH excluding ortho intramolecular Hbond substituents is 1. The Kier molecular flexibility index (Phi) is 3.89. The van der Waals surface area contributed by atoms with Gasteiger partial charge in [-0.1, -0.05) is 23.7 Å². The Morgan fingerprint density at radius 1 is 1.22 bits per heavy atom. The number of aromatic hydroxyl groups is 1. The van der Waals surface area contributed by atoms with Gasteiger partial charge in [0.1, 0.15) is 5.75 Å². The van der Waals surface area contributed by atoms with Crippen molar-refractivity contribution in [3.8, 4) is 5.75 Å². The Morgan fingerprint density at radius 2 is 2.00 bits per heavy atom. The minimum Gasteiger partial charge on any atom is -0.508 e. The van der Waals surface area contributed by atoms with E-state index in [-0.39, 0.29) is 5.75 Å². The van der Waals surface area contributed by atoms with E-state index >= 15 is 0 Å². The van der Waals surface area contributed by atoms with Gasteiger partial charge < -0.3 is 10.8 Å².